The number of rotatable bonds is 1. The van der Waals surface area contributed by atoms with Crippen molar-refractivity contribution in [1.82, 2.24) is 9.55 Å². The van der Waals surface area contributed by atoms with Crippen LogP contribution in [0.25, 0.3) is 22.3 Å². The van der Waals surface area contributed by atoms with Gasteiger partial charge in [-0.2, -0.15) is 0 Å². The van der Waals surface area contributed by atoms with Crippen LogP contribution in [0, 0.1) is 13.8 Å². The standard InChI is InChI=1S/C17H16N2O2/c1-10-8-12(9-11(2)15(10)20)16-18-14-7-5-4-6-13(14)17(21)19(16)3/h4-9,20H,1-3H3. The Hall–Kier alpha value is -2.62. The first kappa shape index (κ1) is 13.4. The molecular formula is C17H16N2O2. The predicted octanol–water partition coefficient (Wildman–Crippen LogP) is 2.92. The number of phenols is 1. The molecule has 1 N–H and O–H groups in total. The second-order valence-corrected chi connectivity index (χ2v) is 5.28. The average molecular weight is 280 g/mol. The van der Waals surface area contributed by atoms with Crippen LogP contribution >= 0.6 is 0 Å². The monoisotopic (exact) mass is 280 g/mol. The van der Waals surface area contributed by atoms with Gasteiger partial charge >= 0.3 is 0 Å². The van der Waals surface area contributed by atoms with E-state index < -0.39 is 0 Å². The van der Waals surface area contributed by atoms with Crippen molar-refractivity contribution in [2.45, 2.75) is 13.8 Å². The van der Waals surface area contributed by atoms with E-state index in [1.807, 2.05) is 44.2 Å². The molecule has 0 radical (unpaired) electrons. The van der Waals surface area contributed by atoms with Crippen LogP contribution in [0.3, 0.4) is 0 Å². The molecule has 2 aromatic carbocycles. The summed E-state index contributed by atoms with van der Waals surface area (Å²) >= 11 is 0. The van der Waals surface area contributed by atoms with Crippen LogP contribution < -0.4 is 5.56 Å². The van der Waals surface area contributed by atoms with Crippen LogP contribution in [0.4, 0.5) is 0 Å². The van der Waals surface area contributed by atoms with Gasteiger partial charge in [0.05, 0.1) is 10.9 Å². The van der Waals surface area contributed by atoms with Crippen LogP contribution in [-0.2, 0) is 7.05 Å². The van der Waals surface area contributed by atoms with Gasteiger partial charge in [0.2, 0.25) is 0 Å². The number of aryl methyl sites for hydroxylation is 2. The van der Waals surface area contributed by atoms with Gasteiger partial charge in [-0.1, -0.05) is 12.1 Å². The first-order valence-corrected chi connectivity index (χ1v) is 6.75. The van der Waals surface area contributed by atoms with Crippen LogP contribution in [0.1, 0.15) is 11.1 Å². The van der Waals surface area contributed by atoms with Gasteiger partial charge in [0.15, 0.2) is 0 Å². The van der Waals surface area contributed by atoms with E-state index in [0.29, 0.717) is 16.7 Å². The number of nitrogens with zero attached hydrogens (tertiary/aromatic N) is 2. The van der Waals surface area contributed by atoms with Crippen molar-refractivity contribution in [3.63, 3.8) is 0 Å². The van der Waals surface area contributed by atoms with Crippen LogP contribution in [0.5, 0.6) is 5.75 Å². The first-order valence-electron chi connectivity index (χ1n) is 6.75. The van der Waals surface area contributed by atoms with Crippen molar-refractivity contribution < 1.29 is 5.11 Å². The average Bonchev–Trinajstić information content (AvgIpc) is 2.48. The minimum absolute atomic E-state index is 0.0704. The summed E-state index contributed by atoms with van der Waals surface area (Å²) in [5.41, 5.74) is 2.98. The summed E-state index contributed by atoms with van der Waals surface area (Å²) in [7, 11) is 1.72. The van der Waals surface area contributed by atoms with E-state index in [1.165, 1.54) is 0 Å². The second-order valence-electron chi connectivity index (χ2n) is 5.28. The van der Waals surface area contributed by atoms with Gasteiger partial charge in [-0.15, -0.1) is 0 Å². The Bertz CT molecular complexity index is 887. The maximum absolute atomic E-state index is 12.4. The fraction of sp³-hybridized carbons (Fsp3) is 0.176. The highest BCUT2D eigenvalue weighted by Gasteiger charge is 2.12. The number of hydrogen-bond donors (Lipinski definition) is 1. The molecule has 1 heterocycles. The van der Waals surface area contributed by atoms with Gasteiger partial charge in [0.1, 0.15) is 11.6 Å². The van der Waals surface area contributed by atoms with Gasteiger partial charge in [-0.3, -0.25) is 9.36 Å². The quantitative estimate of drug-likeness (QED) is 0.745. The Morgan fingerprint density at radius 2 is 1.71 bits per heavy atom. The molecule has 0 aliphatic heterocycles. The summed E-state index contributed by atoms with van der Waals surface area (Å²) in [6, 6.07) is 11.0. The molecule has 0 spiro atoms. The van der Waals surface area contributed by atoms with Crippen LogP contribution in [0.15, 0.2) is 41.2 Å². The fourth-order valence-corrected chi connectivity index (χ4v) is 2.56. The Balaban J connectivity index is 2.35. The summed E-state index contributed by atoms with van der Waals surface area (Å²) < 4.78 is 1.55. The zero-order valence-corrected chi connectivity index (χ0v) is 12.2. The SMILES string of the molecule is Cc1cc(-c2nc3ccccc3c(=O)n2C)cc(C)c1O. The number of hydrogen-bond acceptors (Lipinski definition) is 3. The summed E-state index contributed by atoms with van der Waals surface area (Å²) in [6.07, 6.45) is 0. The molecule has 21 heavy (non-hydrogen) atoms. The van der Waals surface area contributed by atoms with Crippen LogP contribution in [0.2, 0.25) is 0 Å². The number of fused-ring (bicyclic) bond motifs is 1. The van der Waals surface area contributed by atoms with E-state index in [4.69, 9.17) is 0 Å². The number of benzene rings is 2. The molecule has 0 saturated heterocycles. The van der Waals surface area contributed by atoms with Crippen molar-refractivity contribution in [3.05, 3.63) is 57.9 Å². The Labute approximate surface area is 122 Å². The molecule has 0 atom stereocenters. The summed E-state index contributed by atoms with van der Waals surface area (Å²) in [6.45, 7) is 3.68. The zero-order valence-electron chi connectivity index (χ0n) is 12.2. The fourth-order valence-electron chi connectivity index (χ4n) is 2.56. The molecular weight excluding hydrogens is 264 g/mol. The molecule has 4 nitrogen and oxygen atoms in total. The molecule has 3 aromatic rings. The lowest BCUT2D eigenvalue weighted by atomic mass is 10.0. The summed E-state index contributed by atoms with van der Waals surface area (Å²) in [5, 5.41) is 10.5. The minimum atomic E-state index is -0.0704. The maximum atomic E-state index is 12.4. The van der Waals surface area contributed by atoms with Crippen molar-refractivity contribution >= 4 is 10.9 Å². The lowest BCUT2D eigenvalue weighted by molar-refractivity contribution is 0.467. The molecule has 1 aromatic heterocycles. The highest BCUT2D eigenvalue weighted by molar-refractivity contribution is 5.79. The maximum Gasteiger partial charge on any atom is 0.261 e. The Morgan fingerprint density at radius 3 is 2.38 bits per heavy atom. The van der Waals surface area contributed by atoms with Crippen molar-refractivity contribution in [2.75, 3.05) is 0 Å². The van der Waals surface area contributed by atoms with E-state index in [9.17, 15) is 9.90 Å². The molecule has 4 heteroatoms. The second kappa shape index (κ2) is 4.74. The third-order valence-corrected chi connectivity index (χ3v) is 3.73. The predicted molar refractivity (Wildman–Crippen MR) is 83.6 cm³/mol. The van der Waals surface area contributed by atoms with Gasteiger partial charge in [0, 0.05) is 12.6 Å². The van der Waals surface area contributed by atoms with Gasteiger partial charge < -0.3 is 5.11 Å². The number of para-hydroxylation sites is 1. The lowest BCUT2D eigenvalue weighted by Crippen LogP contribution is -2.20. The third kappa shape index (κ3) is 2.09. The summed E-state index contributed by atoms with van der Waals surface area (Å²) in [5.74, 6) is 0.884. The molecule has 0 fully saturated rings. The smallest absolute Gasteiger partial charge is 0.261 e. The van der Waals surface area contributed by atoms with Crippen molar-refractivity contribution in [3.8, 4) is 17.1 Å². The molecule has 3 rings (SSSR count). The van der Waals surface area contributed by atoms with E-state index in [1.54, 1.807) is 17.7 Å². The van der Waals surface area contributed by atoms with E-state index in [2.05, 4.69) is 4.98 Å². The molecule has 0 aliphatic rings. The van der Waals surface area contributed by atoms with Gasteiger partial charge in [0.25, 0.3) is 5.56 Å². The summed E-state index contributed by atoms with van der Waals surface area (Å²) in [4.78, 5) is 17.0. The molecule has 0 unspecified atom stereocenters. The van der Waals surface area contributed by atoms with E-state index >= 15 is 0 Å². The van der Waals surface area contributed by atoms with Crippen molar-refractivity contribution in [1.29, 1.82) is 0 Å². The lowest BCUT2D eigenvalue weighted by Gasteiger charge is -2.12. The van der Waals surface area contributed by atoms with E-state index in [0.717, 1.165) is 16.7 Å². The number of aromatic hydroxyl groups is 1. The topological polar surface area (TPSA) is 55.1 Å². The highest BCUT2D eigenvalue weighted by Crippen LogP contribution is 2.28. The van der Waals surface area contributed by atoms with Crippen molar-refractivity contribution in [2.24, 2.45) is 7.05 Å². The minimum Gasteiger partial charge on any atom is -0.507 e. The molecule has 0 saturated carbocycles. The largest absolute Gasteiger partial charge is 0.507 e. The Kier molecular flexibility index (Phi) is 3.01. The molecule has 106 valence electrons. The number of phenolic OH excluding ortho intramolecular Hbond substituents is 1. The first-order chi connectivity index (χ1) is 9.99. The van der Waals surface area contributed by atoms with Gasteiger partial charge in [-0.05, 0) is 49.2 Å². The normalized spacial score (nSPS) is 11.0. The highest BCUT2D eigenvalue weighted by atomic mass is 16.3. The third-order valence-electron chi connectivity index (χ3n) is 3.73. The molecule has 0 bridgehead atoms. The Morgan fingerprint density at radius 1 is 1.10 bits per heavy atom. The van der Waals surface area contributed by atoms with E-state index in [-0.39, 0.29) is 11.3 Å². The zero-order chi connectivity index (χ0) is 15.1. The molecule has 0 amide bonds. The van der Waals surface area contributed by atoms with Crippen LogP contribution in [-0.4, -0.2) is 14.7 Å². The van der Waals surface area contributed by atoms with Gasteiger partial charge in [-0.25, -0.2) is 4.98 Å². The molecule has 0 aliphatic carbocycles. The number of aromatic nitrogens is 2.